The maximum absolute atomic E-state index is 11.6. The lowest BCUT2D eigenvalue weighted by molar-refractivity contribution is -0.122. The molecular formula is C13H26N2O. The molecule has 0 radical (unpaired) electrons. The fraction of sp³-hybridized carbons (Fsp3) is 0.769. The van der Waals surface area contributed by atoms with Gasteiger partial charge in [-0.05, 0) is 24.2 Å². The Morgan fingerprint density at radius 3 is 2.19 bits per heavy atom. The van der Waals surface area contributed by atoms with Crippen LogP contribution in [0.15, 0.2) is 12.7 Å². The van der Waals surface area contributed by atoms with Gasteiger partial charge in [-0.15, -0.1) is 6.58 Å². The van der Waals surface area contributed by atoms with Crippen molar-refractivity contribution < 1.29 is 4.79 Å². The van der Waals surface area contributed by atoms with Crippen molar-refractivity contribution >= 4 is 5.91 Å². The van der Waals surface area contributed by atoms with Crippen LogP contribution in [0.2, 0.25) is 0 Å². The lowest BCUT2D eigenvalue weighted by Gasteiger charge is -2.25. The van der Waals surface area contributed by atoms with Crippen LogP contribution in [-0.4, -0.2) is 18.5 Å². The highest BCUT2D eigenvalue weighted by Gasteiger charge is 2.19. The zero-order chi connectivity index (χ0) is 12.7. The van der Waals surface area contributed by atoms with Gasteiger partial charge in [0.1, 0.15) is 0 Å². The van der Waals surface area contributed by atoms with Gasteiger partial charge in [-0.3, -0.25) is 4.79 Å². The van der Waals surface area contributed by atoms with Crippen molar-refractivity contribution in [1.82, 2.24) is 5.32 Å². The van der Waals surface area contributed by atoms with E-state index >= 15 is 0 Å². The summed E-state index contributed by atoms with van der Waals surface area (Å²) in [5, 5.41) is 2.92. The van der Waals surface area contributed by atoms with E-state index in [4.69, 9.17) is 5.73 Å². The van der Waals surface area contributed by atoms with Crippen LogP contribution in [0.1, 0.15) is 34.1 Å². The van der Waals surface area contributed by atoms with Crippen LogP contribution >= 0.6 is 0 Å². The average Bonchev–Trinajstić information content (AvgIpc) is 2.16. The Balaban J connectivity index is 4.10. The third-order valence-corrected chi connectivity index (χ3v) is 2.98. The fourth-order valence-electron chi connectivity index (χ4n) is 1.88. The van der Waals surface area contributed by atoms with E-state index in [0.29, 0.717) is 30.7 Å². The van der Waals surface area contributed by atoms with Crippen LogP contribution in [-0.2, 0) is 4.79 Å². The van der Waals surface area contributed by atoms with E-state index in [1.165, 1.54) is 0 Å². The summed E-state index contributed by atoms with van der Waals surface area (Å²) in [6.45, 7) is 13.0. The first-order chi connectivity index (χ1) is 7.40. The van der Waals surface area contributed by atoms with Crippen LogP contribution in [0.4, 0.5) is 0 Å². The summed E-state index contributed by atoms with van der Waals surface area (Å²) < 4.78 is 0. The molecular weight excluding hydrogens is 200 g/mol. The zero-order valence-corrected chi connectivity index (χ0v) is 11.0. The maximum Gasteiger partial charge on any atom is 0.237 e. The van der Waals surface area contributed by atoms with Gasteiger partial charge in [0.2, 0.25) is 5.91 Å². The zero-order valence-electron chi connectivity index (χ0n) is 11.0. The van der Waals surface area contributed by atoms with Crippen molar-refractivity contribution in [1.29, 1.82) is 0 Å². The van der Waals surface area contributed by atoms with E-state index in [9.17, 15) is 4.79 Å². The van der Waals surface area contributed by atoms with Gasteiger partial charge < -0.3 is 11.1 Å². The summed E-state index contributed by atoms with van der Waals surface area (Å²) in [5.41, 5.74) is 5.68. The van der Waals surface area contributed by atoms with E-state index in [1.807, 2.05) is 0 Å². The van der Waals surface area contributed by atoms with Crippen molar-refractivity contribution in [3.63, 3.8) is 0 Å². The normalized spacial score (nSPS) is 13.2. The molecule has 0 aromatic heterocycles. The lowest BCUT2D eigenvalue weighted by atomic mass is 9.85. The summed E-state index contributed by atoms with van der Waals surface area (Å²) in [6, 6.07) is -0.461. The number of carbonyl (C=O) groups is 1. The molecule has 0 saturated heterocycles. The molecule has 0 aromatic carbocycles. The molecule has 1 unspecified atom stereocenters. The maximum atomic E-state index is 11.6. The quantitative estimate of drug-likeness (QED) is 0.652. The van der Waals surface area contributed by atoms with Gasteiger partial charge in [0.15, 0.2) is 0 Å². The highest BCUT2D eigenvalue weighted by molar-refractivity contribution is 5.81. The predicted molar refractivity (Wildman–Crippen MR) is 69.0 cm³/mol. The molecule has 3 heteroatoms. The molecule has 94 valence electrons. The van der Waals surface area contributed by atoms with Gasteiger partial charge >= 0.3 is 0 Å². The molecule has 3 N–H and O–H groups in total. The van der Waals surface area contributed by atoms with E-state index in [1.54, 1.807) is 6.08 Å². The Labute approximate surface area is 99.5 Å². The number of amides is 1. The Hall–Kier alpha value is -0.830. The first kappa shape index (κ1) is 15.2. The molecule has 1 amide bonds. The molecule has 16 heavy (non-hydrogen) atoms. The number of rotatable bonds is 7. The second kappa shape index (κ2) is 7.44. The molecule has 1 atom stereocenters. The fourth-order valence-corrected chi connectivity index (χ4v) is 1.88. The van der Waals surface area contributed by atoms with Crippen molar-refractivity contribution in [3.05, 3.63) is 12.7 Å². The minimum Gasteiger partial charge on any atom is -0.354 e. The number of nitrogens with two attached hydrogens (primary N) is 1. The van der Waals surface area contributed by atoms with E-state index in [-0.39, 0.29) is 5.91 Å². The number of hydrogen-bond donors (Lipinski definition) is 2. The van der Waals surface area contributed by atoms with Crippen molar-refractivity contribution in [3.8, 4) is 0 Å². The summed E-state index contributed by atoms with van der Waals surface area (Å²) in [4.78, 5) is 11.6. The molecule has 0 saturated carbocycles. The van der Waals surface area contributed by atoms with Crippen molar-refractivity contribution in [2.24, 2.45) is 23.5 Å². The summed E-state index contributed by atoms with van der Waals surface area (Å²) in [6.07, 6.45) is 2.20. The van der Waals surface area contributed by atoms with Crippen LogP contribution in [0, 0.1) is 17.8 Å². The molecule has 0 aromatic rings. The smallest absolute Gasteiger partial charge is 0.237 e. The third kappa shape index (κ3) is 5.31. The third-order valence-electron chi connectivity index (χ3n) is 2.98. The number of carbonyl (C=O) groups excluding carboxylic acids is 1. The largest absolute Gasteiger partial charge is 0.354 e. The SMILES string of the molecule is C=CCC(N)C(=O)NCC(C(C)C)C(C)C. The first-order valence-corrected chi connectivity index (χ1v) is 6.04. The van der Waals surface area contributed by atoms with Gasteiger partial charge in [-0.2, -0.15) is 0 Å². The van der Waals surface area contributed by atoms with E-state index < -0.39 is 6.04 Å². The van der Waals surface area contributed by atoms with Gasteiger partial charge in [0, 0.05) is 6.54 Å². The molecule has 0 aliphatic carbocycles. The second-order valence-corrected chi connectivity index (χ2v) is 5.03. The van der Waals surface area contributed by atoms with E-state index in [2.05, 4.69) is 39.6 Å². The number of nitrogens with one attached hydrogen (secondary N) is 1. The molecule has 0 aliphatic rings. The van der Waals surface area contributed by atoms with Crippen molar-refractivity contribution in [2.45, 2.75) is 40.2 Å². The highest BCUT2D eigenvalue weighted by Crippen LogP contribution is 2.19. The van der Waals surface area contributed by atoms with Gasteiger partial charge in [0.25, 0.3) is 0 Å². The molecule has 0 rings (SSSR count). The lowest BCUT2D eigenvalue weighted by Crippen LogP contribution is -2.43. The molecule has 3 nitrogen and oxygen atoms in total. The van der Waals surface area contributed by atoms with E-state index in [0.717, 1.165) is 0 Å². The molecule has 0 aliphatic heterocycles. The second-order valence-electron chi connectivity index (χ2n) is 5.03. The standard InChI is InChI=1S/C13H26N2O/c1-6-7-12(14)13(16)15-8-11(9(2)3)10(4)5/h6,9-12H,1,7-8,14H2,2-5H3,(H,15,16). The van der Waals surface area contributed by atoms with Crippen LogP contribution < -0.4 is 11.1 Å². The molecule has 0 spiro atoms. The van der Waals surface area contributed by atoms with Crippen LogP contribution in [0.5, 0.6) is 0 Å². The minimum absolute atomic E-state index is 0.0776. The first-order valence-electron chi connectivity index (χ1n) is 6.04. The minimum atomic E-state index is -0.461. The average molecular weight is 226 g/mol. The van der Waals surface area contributed by atoms with Crippen molar-refractivity contribution in [2.75, 3.05) is 6.54 Å². The summed E-state index contributed by atoms with van der Waals surface area (Å²) in [5.74, 6) is 1.55. The Morgan fingerprint density at radius 1 is 1.31 bits per heavy atom. The van der Waals surface area contributed by atoms with Crippen LogP contribution in [0.3, 0.4) is 0 Å². The van der Waals surface area contributed by atoms with Gasteiger partial charge in [-0.1, -0.05) is 33.8 Å². The molecule has 0 heterocycles. The topological polar surface area (TPSA) is 55.1 Å². The predicted octanol–water partition coefficient (Wildman–Crippen LogP) is 1.93. The Bertz CT molecular complexity index is 216. The van der Waals surface area contributed by atoms with Gasteiger partial charge in [0.05, 0.1) is 6.04 Å². The summed E-state index contributed by atoms with van der Waals surface area (Å²) in [7, 11) is 0. The Kier molecular flexibility index (Phi) is 7.06. The highest BCUT2D eigenvalue weighted by atomic mass is 16.2. The molecule has 0 fully saturated rings. The van der Waals surface area contributed by atoms with Crippen LogP contribution in [0.25, 0.3) is 0 Å². The number of hydrogen-bond acceptors (Lipinski definition) is 2. The van der Waals surface area contributed by atoms with Gasteiger partial charge in [-0.25, -0.2) is 0 Å². The Morgan fingerprint density at radius 2 is 1.81 bits per heavy atom. The summed E-state index contributed by atoms with van der Waals surface area (Å²) >= 11 is 0. The molecule has 0 bridgehead atoms. The monoisotopic (exact) mass is 226 g/mol.